The number of aryl methyl sites for hydroxylation is 1. The molecule has 1 amide bonds. The summed E-state index contributed by atoms with van der Waals surface area (Å²) in [5, 5.41) is 4.32. The van der Waals surface area contributed by atoms with E-state index in [-0.39, 0.29) is 11.9 Å². The minimum Gasteiger partial charge on any atom is -0.451 e. The number of carbonyl (C=O) groups excluding carboxylic acids is 1. The summed E-state index contributed by atoms with van der Waals surface area (Å²) in [6.45, 7) is 4.14. The van der Waals surface area contributed by atoms with Crippen molar-refractivity contribution in [3.05, 3.63) is 65.7 Å². The summed E-state index contributed by atoms with van der Waals surface area (Å²) in [6, 6.07) is 11.7. The van der Waals surface area contributed by atoms with Crippen LogP contribution in [0.5, 0.6) is 0 Å². The second-order valence-electron chi connectivity index (χ2n) is 6.11. The molecule has 3 heterocycles. The van der Waals surface area contributed by atoms with Crippen molar-refractivity contribution in [3.63, 3.8) is 0 Å². The number of pyridine rings is 1. The van der Waals surface area contributed by atoms with Gasteiger partial charge in [-0.1, -0.05) is 24.3 Å². The zero-order valence-corrected chi connectivity index (χ0v) is 13.5. The number of nitrogens with one attached hydrogen (secondary N) is 1. The number of para-hydroxylation sites is 1. The molecule has 0 radical (unpaired) electrons. The highest BCUT2D eigenvalue weighted by molar-refractivity contribution is 5.97. The van der Waals surface area contributed by atoms with Gasteiger partial charge in [0.05, 0.1) is 6.04 Å². The predicted octanol–water partition coefficient (Wildman–Crippen LogP) is 2.92. The second-order valence-corrected chi connectivity index (χ2v) is 6.11. The van der Waals surface area contributed by atoms with Gasteiger partial charge in [-0.3, -0.25) is 9.78 Å². The number of hydrogen-bond donors (Lipinski definition) is 1. The van der Waals surface area contributed by atoms with E-state index in [4.69, 9.17) is 4.42 Å². The Balaban J connectivity index is 1.69. The van der Waals surface area contributed by atoms with Gasteiger partial charge in [0.2, 0.25) is 0 Å². The van der Waals surface area contributed by atoms with Gasteiger partial charge in [-0.25, -0.2) is 0 Å². The van der Waals surface area contributed by atoms with Crippen LogP contribution in [0.4, 0.5) is 0 Å². The van der Waals surface area contributed by atoms with E-state index in [0.717, 1.165) is 35.2 Å². The van der Waals surface area contributed by atoms with Gasteiger partial charge in [0.1, 0.15) is 5.58 Å². The summed E-state index contributed by atoms with van der Waals surface area (Å²) in [5.74, 6) is 0.330. The zero-order valence-electron chi connectivity index (χ0n) is 13.5. The molecule has 1 unspecified atom stereocenters. The smallest absolute Gasteiger partial charge is 0.290 e. The molecule has 5 heteroatoms. The topological polar surface area (TPSA) is 58.4 Å². The van der Waals surface area contributed by atoms with E-state index < -0.39 is 0 Å². The molecule has 0 saturated carbocycles. The van der Waals surface area contributed by atoms with Crippen molar-refractivity contribution in [1.82, 2.24) is 15.2 Å². The average Bonchev–Trinajstić information content (AvgIpc) is 3.08. The number of fused-ring (bicyclic) bond motifs is 1. The highest BCUT2D eigenvalue weighted by Gasteiger charge is 2.30. The standard InChI is InChI=1S/C19H19N3O2/c1-13-4-2-5-14-10-17(24-18(13)14)19(23)22-9-8-21-12-16(22)15-6-3-7-20-11-15/h2-7,10-11,16,21H,8-9,12H2,1H3. The van der Waals surface area contributed by atoms with Gasteiger partial charge in [0.25, 0.3) is 5.91 Å². The van der Waals surface area contributed by atoms with E-state index in [1.807, 2.05) is 54.4 Å². The van der Waals surface area contributed by atoms with E-state index in [0.29, 0.717) is 12.3 Å². The lowest BCUT2D eigenvalue weighted by Crippen LogP contribution is -2.48. The summed E-state index contributed by atoms with van der Waals surface area (Å²) in [7, 11) is 0. The third kappa shape index (κ3) is 2.57. The number of hydrogen-bond acceptors (Lipinski definition) is 4. The van der Waals surface area contributed by atoms with Crippen LogP contribution in [0.3, 0.4) is 0 Å². The van der Waals surface area contributed by atoms with E-state index >= 15 is 0 Å². The molecular weight excluding hydrogens is 302 g/mol. The van der Waals surface area contributed by atoms with Gasteiger partial charge in [0, 0.05) is 37.4 Å². The number of piperazine rings is 1. The molecule has 5 nitrogen and oxygen atoms in total. The van der Waals surface area contributed by atoms with Crippen molar-refractivity contribution in [2.75, 3.05) is 19.6 Å². The number of aromatic nitrogens is 1. The van der Waals surface area contributed by atoms with Gasteiger partial charge in [-0.15, -0.1) is 0 Å². The monoisotopic (exact) mass is 321 g/mol. The average molecular weight is 321 g/mol. The normalized spacial score (nSPS) is 18.0. The Kier molecular flexibility index (Phi) is 3.78. The zero-order chi connectivity index (χ0) is 16.5. The van der Waals surface area contributed by atoms with E-state index in [1.54, 1.807) is 6.20 Å². The Labute approximate surface area is 140 Å². The largest absolute Gasteiger partial charge is 0.451 e. The van der Waals surface area contributed by atoms with Crippen molar-refractivity contribution in [2.45, 2.75) is 13.0 Å². The summed E-state index contributed by atoms with van der Waals surface area (Å²) >= 11 is 0. The quantitative estimate of drug-likeness (QED) is 0.788. The van der Waals surface area contributed by atoms with Crippen molar-refractivity contribution < 1.29 is 9.21 Å². The van der Waals surface area contributed by atoms with Crippen LogP contribution in [0.1, 0.15) is 27.7 Å². The van der Waals surface area contributed by atoms with Crippen LogP contribution in [0.2, 0.25) is 0 Å². The number of benzene rings is 1. The molecule has 0 aliphatic carbocycles. The molecule has 1 atom stereocenters. The first kappa shape index (κ1) is 14.9. The first-order chi connectivity index (χ1) is 11.7. The number of nitrogens with zero attached hydrogens (tertiary/aromatic N) is 2. The lowest BCUT2D eigenvalue weighted by Gasteiger charge is -2.35. The molecule has 1 aliphatic heterocycles. The highest BCUT2D eigenvalue weighted by Crippen LogP contribution is 2.27. The first-order valence-corrected chi connectivity index (χ1v) is 8.15. The van der Waals surface area contributed by atoms with Crippen LogP contribution in [0, 0.1) is 6.92 Å². The van der Waals surface area contributed by atoms with Crippen LogP contribution in [-0.4, -0.2) is 35.4 Å². The van der Waals surface area contributed by atoms with Crippen molar-refractivity contribution in [2.24, 2.45) is 0 Å². The number of furan rings is 1. The molecular formula is C19H19N3O2. The van der Waals surface area contributed by atoms with Gasteiger partial charge < -0.3 is 14.6 Å². The molecule has 1 fully saturated rings. The van der Waals surface area contributed by atoms with E-state index in [2.05, 4.69) is 10.3 Å². The van der Waals surface area contributed by atoms with Gasteiger partial charge in [0.15, 0.2) is 5.76 Å². The highest BCUT2D eigenvalue weighted by atomic mass is 16.3. The van der Waals surface area contributed by atoms with Crippen LogP contribution in [0.15, 0.2) is 53.2 Å². The number of rotatable bonds is 2. The minimum atomic E-state index is -0.0686. The number of amides is 1. The van der Waals surface area contributed by atoms with Crippen molar-refractivity contribution in [1.29, 1.82) is 0 Å². The van der Waals surface area contributed by atoms with Crippen LogP contribution in [-0.2, 0) is 0 Å². The molecule has 0 spiro atoms. The molecule has 0 bridgehead atoms. The second kappa shape index (κ2) is 6.09. The lowest BCUT2D eigenvalue weighted by molar-refractivity contribution is 0.0603. The van der Waals surface area contributed by atoms with Gasteiger partial charge in [-0.05, 0) is 30.2 Å². The summed E-state index contributed by atoms with van der Waals surface area (Å²) in [4.78, 5) is 19.1. The molecule has 1 aliphatic rings. The Bertz CT molecular complexity index is 873. The van der Waals surface area contributed by atoms with Crippen molar-refractivity contribution in [3.8, 4) is 0 Å². The van der Waals surface area contributed by atoms with Gasteiger partial charge in [-0.2, -0.15) is 0 Å². The molecule has 1 saturated heterocycles. The first-order valence-electron chi connectivity index (χ1n) is 8.15. The predicted molar refractivity (Wildman–Crippen MR) is 91.8 cm³/mol. The minimum absolute atomic E-state index is 0.0331. The lowest BCUT2D eigenvalue weighted by atomic mass is 10.0. The molecule has 122 valence electrons. The van der Waals surface area contributed by atoms with Crippen LogP contribution in [0.25, 0.3) is 11.0 Å². The fourth-order valence-electron chi connectivity index (χ4n) is 3.27. The maximum absolute atomic E-state index is 13.0. The number of carbonyl (C=O) groups is 1. The van der Waals surface area contributed by atoms with Crippen LogP contribution >= 0.6 is 0 Å². The summed E-state index contributed by atoms with van der Waals surface area (Å²) in [6.07, 6.45) is 3.56. The Morgan fingerprint density at radius 1 is 1.33 bits per heavy atom. The Morgan fingerprint density at radius 2 is 2.25 bits per heavy atom. The maximum Gasteiger partial charge on any atom is 0.290 e. The third-order valence-electron chi connectivity index (χ3n) is 4.53. The van der Waals surface area contributed by atoms with Crippen LogP contribution < -0.4 is 5.32 Å². The van der Waals surface area contributed by atoms with E-state index in [9.17, 15) is 4.79 Å². The molecule has 4 rings (SSSR count). The van der Waals surface area contributed by atoms with E-state index in [1.165, 1.54) is 0 Å². The fraction of sp³-hybridized carbons (Fsp3) is 0.263. The SMILES string of the molecule is Cc1cccc2cc(C(=O)N3CCNCC3c3cccnc3)oc12. The summed E-state index contributed by atoms with van der Waals surface area (Å²) in [5.41, 5.74) is 2.86. The van der Waals surface area contributed by atoms with Crippen molar-refractivity contribution >= 4 is 16.9 Å². The fourth-order valence-corrected chi connectivity index (χ4v) is 3.27. The summed E-state index contributed by atoms with van der Waals surface area (Å²) < 4.78 is 5.87. The Morgan fingerprint density at radius 3 is 3.04 bits per heavy atom. The Hall–Kier alpha value is -2.66. The molecule has 2 aromatic heterocycles. The molecule has 24 heavy (non-hydrogen) atoms. The molecule has 1 N–H and O–H groups in total. The molecule has 1 aromatic carbocycles. The molecule has 3 aromatic rings. The third-order valence-corrected chi connectivity index (χ3v) is 4.53. The maximum atomic E-state index is 13.0. The van der Waals surface area contributed by atoms with Gasteiger partial charge >= 0.3 is 0 Å².